The molecule has 46 heavy (non-hydrogen) atoms. The number of carbonyl (C=O) groups excluding carboxylic acids is 1. The number of hydrogen-bond donors (Lipinski definition) is 0. The van der Waals surface area contributed by atoms with Gasteiger partial charge in [-0.15, -0.1) is 0 Å². The molecule has 3 heteroatoms. The molecule has 0 fully saturated rings. The van der Waals surface area contributed by atoms with Crippen LogP contribution in [0.4, 0.5) is 0 Å². The highest BCUT2D eigenvalue weighted by molar-refractivity contribution is 5.72. The van der Waals surface area contributed by atoms with Gasteiger partial charge in [0.05, 0.1) is 6.07 Å². The average Bonchev–Trinajstić information content (AvgIpc) is 3.22. The highest BCUT2D eigenvalue weighted by atomic mass is 16.1. The van der Waals surface area contributed by atoms with E-state index in [1.165, 1.54) is 30.5 Å². The minimum Gasteiger partial charge on any atom is -0.374 e. The Hall–Kier alpha value is -3.64. The fourth-order valence-corrected chi connectivity index (χ4v) is 5.61. The van der Waals surface area contributed by atoms with Crippen molar-refractivity contribution in [2.75, 3.05) is 13.1 Å². The first-order valence-corrected chi connectivity index (χ1v) is 17.3. The quantitative estimate of drug-likeness (QED) is 0.246. The number of nitrogens with zero attached hydrogens (tertiary/aromatic N) is 2. The second-order valence-electron chi connectivity index (χ2n) is 12.8. The third-order valence-corrected chi connectivity index (χ3v) is 8.82. The number of benzene rings is 3. The van der Waals surface area contributed by atoms with E-state index in [0.29, 0.717) is 17.3 Å². The number of allylic oxidation sites excluding steroid dienone is 2. The molecule has 3 nitrogen and oxygen atoms in total. The van der Waals surface area contributed by atoms with Gasteiger partial charge in [0.1, 0.15) is 5.78 Å². The first-order valence-electron chi connectivity index (χ1n) is 17.3. The van der Waals surface area contributed by atoms with Crippen molar-refractivity contribution in [2.45, 2.75) is 120 Å². The van der Waals surface area contributed by atoms with E-state index in [1.54, 1.807) is 17.2 Å². The Kier molecular flexibility index (Phi) is 21.0. The van der Waals surface area contributed by atoms with E-state index in [1.807, 2.05) is 19.9 Å². The molecule has 4 rings (SSSR count). The molecule has 0 N–H and O–H groups in total. The zero-order chi connectivity index (χ0) is 35.3. The van der Waals surface area contributed by atoms with E-state index in [0.717, 1.165) is 37.5 Å². The van der Waals surface area contributed by atoms with Crippen LogP contribution < -0.4 is 0 Å². The van der Waals surface area contributed by atoms with Crippen LogP contribution in [-0.4, -0.2) is 23.8 Å². The van der Waals surface area contributed by atoms with Gasteiger partial charge in [-0.05, 0) is 91.5 Å². The van der Waals surface area contributed by atoms with Gasteiger partial charge in [0.2, 0.25) is 0 Å². The van der Waals surface area contributed by atoms with E-state index in [4.69, 9.17) is 5.26 Å². The van der Waals surface area contributed by atoms with Crippen LogP contribution in [0.15, 0.2) is 90.6 Å². The molecular weight excluding hydrogens is 560 g/mol. The predicted octanol–water partition coefficient (Wildman–Crippen LogP) is 12.0. The van der Waals surface area contributed by atoms with Gasteiger partial charge in [-0.1, -0.05) is 141 Å². The van der Waals surface area contributed by atoms with Crippen molar-refractivity contribution >= 4 is 5.78 Å². The van der Waals surface area contributed by atoms with Gasteiger partial charge >= 0.3 is 0 Å². The van der Waals surface area contributed by atoms with Crippen LogP contribution in [-0.2, 0) is 10.2 Å². The van der Waals surface area contributed by atoms with Crippen molar-refractivity contribution in [1.82, 2.24) is 4.90 Å². The number of rotatable bonds is 7. The monoisotopic (exact) mass is 625 g/mol. The maximum absolute atomic E-state index is 9.44. The number of fused-ring (bicyclic) bond motifs is 1. The van der Waals surface area contributed by atoms with Gasteiger partial charge in [0, 0.05) is 24.9 Å². The van der Waals surface area contributed by atoms with Crippen LogP contribution in [0.25, 0.3) is 0 Å². The lowest BCUT2D eigenvalue weighted by Gasteiger charge is -2.29. The van der Waals surface area contributed by atoms with Crippen LogP contribution in [0.1, 0.15) is 129 Å². The third kappa shape index (κ3) is 14.2. The molecule has 0 bridgehead atoms. The molecule has 0 spiro atoms. The van der Waals surface area contributed by atoms with Gasteiger partial charge in [0.15, 0.2) is 0 Å². The molecule has 0 heterocycles. The summed E-state index contributed by atoms with van der Waals surface area (Å²) in [5.41, 5.74) is 8.70. The molecule has 3 atom stereocenters. The normalized spacial score (nSPS) is 16.1. The molecule has 1 aliphatic carbocycles. The Bertz CT molecular complexity index is 1310. The molecule has 0 saturated carbocycles. The van der Waals surface area contributed by atoms with Crippen molar-refractivity contribution in [3.05, 3.63) is 118 Å². The van der Waals surface area contributed by atoms with Crippen LogP contribution in [0.3, 0.4) is 0 Å². The number of hydrogen-bond acceptors (Lipinski definition) is 3. The third-order valence-electron chi connectivity index (χ3n) is 8.82. The van der Waals surface area contributed by atoms with Gasteiger partial charge in [-0.3, -0.25) is 0 Å². The fourth-order valence-electron chi connectivity index (χ4n) is 5.61. The molecule has 0 amide bonds. The van der Waals surface area contributed by atoms with Gasteiger partial charge in [0.25, 0.3) is 0 Å². The van der Waals surface area contributed by atoms with E-state index in [9.17, 15) is 4.79 Å². The van der Waals surface area contributed by atoms with Crippen LogP contribution in [0, 0.1) is 31.1 Å². The smallest absolute Gasteiger partial charge is 0.126 e. The number of aryl methyl sites for hydroxylation is 2. The molecule has 0 saturated heterocycles. The van der Waals surface area contributed by atoms with Gasteiger partial charge < -0.3 is 9.69 Å². The van der Waals surface area contributed by atoms with E-state index >= 15 is 0 Å². The predicted molar refractivity (Wildman–Crippen MR) is 201 cm³/mol. The van der Waals surface area contributed by atoms with Crippen LogP contribution in [0.2, 0.25) is 0 Å². The highest BCUT2D eigenvalue weighted by Gasteiger charge is 2.40. The van der Waals surface area contributed by atoms with E-state index < -0.39 is 0 Å². The Morgan fingerprint density at radius 2 is 1.37 bits per heavy atom. The first-order chi connectivity index (χ1) is 21.8. The number of ketones is 1. The van der Waals surface area contributed by atoms with Crippen molar-refractivity contribution in [3.63, 3.8) is 0 Å². The fraction of sp³-hybridized carbons (Fsp3) is 0.488. The summed E-state index contributed by atoms with van der Waals surface area (Å²) < 4.78 is 0. The summed E-state index contributed by atoms with van der Waals surface area (Å²) in [6, 6.07) is 30.0. The molecule has 1 aliphatic rings. The minimum absolute atomic E-state index is 0.167. The first kappa shape index (κ1) is 42.4. The Morgan fingerprint density at radius 3 is 1.80 bits per heavy atom. The van der Waals surface area contributed by atoms with Gasteiger partial charge in [-0.25, -0.2) is 0 Å². The molecule has 0 radical (unpaired) electrons. The summed E-state index contributed by atoms with van der Waals surface area (Å²) in [4.78, 5) is 11.8. The largest absolute Gasteiger partial charge is 0.374 e. The number of nitriles is 1. The number of Topliss-reactive ketones (excluding diaryl/α,β-unsaturated/α-hetero) is 1. The summed E-state index contributed by atoms with van der Waals surface area (Å²) in [6.07, 6.45) is 3.70. The molecular formula is C43H64N2O. The summed E-state index contributed by atoms with van der Waals surface area (Å²) in [6.45, 7) is 29.3. The van der Waals surface area contributed by atoms with Crippen molar-refractivity contribution in [2.24, 2.45) is 5.92 Å². The van der Waals surface area contributed by atoms with Crippen molar-refractivity contribution in [1.29, 1.82) is 5.26 Å². The zero-order valence-corrected chi connectivity index (χ0v) is 31.4. The lowest BCUT2D eigenvalue weighted by molar-refractivity contribution is -0.115. The highest BCUT2D eigenvalue weighted by Crippen LogP contribution is 2.49. The molecule has 0 aliphatic heterocycles. The maximum atomic E-state index is 9.44. The summed E-state index contributed by atoms with van der Waals surface area (Å²) in [7, 11) is 0. The lowest BCUT2D eigenvalue weighted by Crippen LogP contribution is -2.28. The zero-order valence-electron chi connectivity index (χ0n) is 31.4. The molecule has 0 aromatic heterocycles. The second-order valence-corrected chi connectivity index (χ2v) is 12.8. The van der Waals surface area contributed by atoms with E-state index in [2.05, 4.69) is 146 Å². The standard InChI is InChI=1S/C17H24N2.C13H18.C8H10.C3H6O.C2H6/c1-4-13-19(17(5-2)11-12-18)14-15(3)16-9-7-6-8-10-16;1-9-10(2)13(3,4)12-8-6-5-7-11(9)12;1-7-5-3-4-6-8(7)2;1-3(2)4;1-2/h6-11,15H,4-5,13-14H2,1-3H3;5-10H,1-4H3;3-6H,1-2H3;1-2H3;1-2H3/b17-11-;;;;. The summed E-state index contributed by atoms with van der Waals surface area (Å²) in [5, 5.41) is 8.88. The minimum atomic E-state index is 0.167. The Labute approximate surface area is 283 Å². The Balaban J connectivity index is 0.000000645. The molecule has 252 valence electrons. The molecule has 3 unspecified atom stereocenters. The summed E-state index contributed by atoms with van der Waals surface area (Å²) in [5.74, 6) is 2.11. The number of carbonyl (C=O) groups is 1. The van der Waals surface area contributed by atoms with Crippen LogP contribution >= 0.6 is 0 Å². The maximum Gasteiger partial charge on any atom is 0.126 e. The van der Waals surface area contributed by atoms with E-state index in [-0.39, 0.29) is 5.78 Å². The topological polar surface area (TPSA) is 44.1 Å². The average molecular weight is 625 g/mol. The second kappa shape index (κ2) is 22.8. The van der Waals surface area contributed by atoms with Crippen molar-refractivity contribution in [3.8, 4) is 6.07 Å². The lowest BCUT2D eigenvalue weighted by atomic mass is 9.78. The van der Waals surface area contributed by atoms with Crippen LogP contribution in [0.5, 0.6) is 0 Å². The molecule has 3 aromatic carbocycles. The van der Waals surface area contributed by atoms with Gasteiger partial charge in [-0.2, -0.15) is 5.26 Å². The Morgan fingerprint density at radius 1 is 0.891 bits per heavy atom. The summed E-state index contributed by atoms with van der Waals surface area (Å²) >= 11 is 0. The molecule has 3 aromatic rings. The SMILES string of the molecule is CC.CC(C)=O.CC1c2ccccc2C(C)(C)C1C.CCCN(CC(C)c1ccccc1)/C(=C\C#N)CC.Cc1ccccc1C. The van der Waals surface area contributed by atoms with Crippen molar-refractivity contribution < 1.29 is 4.79 Å².